The van der Waals surface area contributed by atoms with Gasteiger partial charge in [-0.2, -0.15) is 0 Å². The summed E-state index contributed by atoms with van der Waals surface area (Å²) in [4.78, 5) is 28.2. The number of pyridine rings is 1. The zero-order valence-electron chi connectivity index (χ0n) is 16.7. The van der Waals surface area contributed by atoms with E-state index in [9.17, 15) is 18.4 Å². The van der Waals surface area contributed by atoms with Crippen LogP contribution in [0.15, 0.2) is 60.8 Å². The Balaban J connectivity index is 1.66. The predicted molar refractivity (Wildman–Crippen MR) is 109 cm³/mol. The van der Waals surface area contributed by atoms with Crippen molar-refractivity contribution in [2.75, 3.05) is 6.61 Å². The summed E-state index contributed by atoms with van der Waals surface area (Å²) in [5.41, 5.74) is 0.880. The predicted octanol–water partition coefficient (Wildman–Crippen LogP) is 4.19. The van der Waals surface area contributed by atoms with Crippen LogP contribution in [0.3, 0.4) is 0 Å². The quantitative estimate of drug-likeness (QED) is 0.547. The van der Waals surface area contributed by atoms with Gasteiger partial charge < -0.3 is 14.8 Å². The lowest BCUT2D eigenvalue weighted by molar-refractivity contribution is -0.142. The fourth-order valence-corrected chi connectivity index (χ4v) is 2.75. The highest BCUT2D eigenvalue weighted by Crippen LogP contribution is 2.23. The van der Waals surface area contributed by atoms with E-state index in [1.165, 1.54) is 48.7 Å². The van der Waals surface area contributed by atoms with Crippen molar-refractivity contribution in [3.63, 3.8) is 0 Å². The maximum Gasteiger partial charge on any atom is 0.310 e. The van der Waals surface area contributed by atoms with Crippen molar-refractivity contribution in [1.82, 2.24) is 10.3 Å². The van der Waals surface area contributed by atoms with Gasteiger partial charge in [0.05, 0.1) is 13.0 Å². The molecule has 0 bridgehead atoms. The molecule has 3 rings (SSSR count). The Morgan fingerprint density at radius 3 is 2.55 bits per heavy atom. The van der Waals surface area contributed by atoms with E-state index >= 15 is 0 Å². The molecule has 0 aliphatic carbocycles. The molecule has 1 N–H and O–H groups in total. The van der Waals surface area contributed by atoms with Crippen molar-refractivity contribution in [2.45, 2.75) is 19.9 Å². The second kappa shape index (κ2) is 10.3. The van der Waals surface area contributed by atoms with Gasteiger partial charge in [0.15, 0.2) is 0 Å². The highest BCUT2D eigenvalue weighted by atomic mass is 19.1. The third-order valence-corrected chi connectivity index (χ3v) is 4.25. The molecule has 1 amide bonds. The van der Waals surface area contributed by atoms with Gasteiger partial charge in [-0.05, 0) is 55.0 Å². The van der Waals surface area contributed by atoms with Crippen LogP contribution >= 0.6 is 0 Å². The van der Waals surface area contributed by atoms with E-state index in [4.69, 9.17) is 9.47 Å². The summed E-state index contributed by atoms with van der Waals surface area (Å²) in [5, 5.41) is 2.62. The average Bonchev–Trinajstić information content (AvgIpc) is 2.75. The minimum Gasteiger partial charge on any atom is -0.466 e. The average molecular weight is 426 g/mol. The SMILES string of the molecule is CCOC(=O)Cc1ccc(CNC(=O)c2cccnc2Oc2ccc(F)cc2)c(F)c1. The molecule has 1 aromatic heterocycles. The molecule has 8 heteroatoms. The second-order valence-electron chi connectivity index (χ2n) is 6.50. The number of esters is 1. The number of hydrogen-bond acceptors (Lipinski definition) is 5. The molecule has 0 saturated carbocycles. The fraction of sp³-hybridized carbons (Fsp3) is 0.174. The first kappa shape index (κ1) is 21.9. The van der Waals surface area contributed by atoms with Crippen LogP contribution in [0.2, 0.25) is 0 Å². The lowest BCUT2D eigenvalue weighted by atomic mass is 10.1. The highest BCUT2D eigenvalue weighted by Gasteiger charge is 2.15. The van der Waals surface area contributed by atoms with E-state index < -0.39 is 23.5 Å². The molecule has 0 aliphatic heterocycles. The molecule has 0 radical (unpaired) electrons. The molecule has 0 atom stereocenters. The van der Waals surface area contributed by atoms with Crippen LogP contribution in [-0.4, -0.2) is 23.5 Å². The number of ether oxygens (including phenoxy) is 2. The first-order valence-electron chi connectivity index (χ1n) is 9.56. The normalized spacial score (nSPS) is 10.4. The number of amides is 1. The largest absolute Gasteiger partial charge is 0.466 e. The van der Waals surface area contributed by atoms with E-state index in [1.54, 1.807) is 19.1 Å². The van der Waals surface area contributed by atoms with Crippen LogP contribution in [0.25, 0.3) is 0 Å². The molecule has 0 saturated heterocycles. The molecule has 0 aliphatic rings. The minimum atomic E-state index is -0.545. The van der Waals surface area contributed by atoms with Crippen molar-refractivity contribution in [2.24, 2.45) is 0 Å². The van der Waals surface area contributed by atoms with Gasteiger partial charge in [-0.3, -0.25) is 9.59 Å². The van der Waals surface area contributed by atoms with E-state index in [0.29, 0.717) is 11.3 Å². The molecule has 1 heterocycles. The molecule has 6 nitrogen and oxygen atoms in total. The summed E-state index contributed by atoms with van der Waals surface area (Å²) in [6, 6.07) is 12.7. The third-order valence-electron chi connectivity index (χ3n) is 4.25. The summed E-state index contributed by atoms with van der Waals surface area (Å²) >= 11 is 0. The maximum atomic E-state index is 14.4. The van der Waals surface area contributed by atoms with Gasteiger partial charge in [-0.15, -0.1) is 0 Å². The van der Waals surface area contributed by atoms with Crippen molar-refractivity contribution in [3.8, 4) is 11.6 Å². The molecule has 3 aromatic rings. The molecule has 0 spiro atoms. The molecular formula is C23H20F2N2O4. The number of hydrogen-bond donors (Lipinski definition) is 1. The summed E-state index contributed by atoms with van der Waals surface area (Å²) in [6.45, 7) is 1.88. The van der Waals surface area contributed by atoms with Crippen molar-refractivity contribution < 1.29 is 27.8 Å². The first-order chi connectivity index (χ1) is 15.0. The lowest BCUT2D eigenvalue weighted by Crippen LogP contribution is -2.24. The number of carbonyl (C=O) groups excluding carboxylic acids is 2. The van der Waals surface area contributed by atoms with Crippen LogP contribution in [0, 0.1) is 11.6 Å². The Bertz CT molecular complexity index is 1070. The molecule has 31 heavy (non-hydrogen) atoms. The van der Waals surface area contributed by atoms with Crippen LogP contribution < -0.4 is 10.1 Å². The van der Waals surface area contributed by atoms with Crippen molar-refractivity contribution in [3.05, 3.63) is 89.1 Å². The van der Waals surface area contributed by atoms with E-state index in [1.807, 2.05) is 0 Å². The number of aromatic nitrogens is 1. The number of nitrogens with zero attached hydrogens (tertiary/aromatic N) is 1. The van der Waals surface area contributed by atoms with Gasteiger partial charge >= 0.3 is 5.97 Å². The second-order valence-corrected chi connectivity index (χ2v) is 6.50. The zero-order chi connectivity index (χ0) is 22.2. The van der Waals surface area contributed by atoms with Crippen LogP contribution in [0.1, 0.15) is 28.4 Å². The maximum absolute atomic E-state index is 14.4. The van der Waals surface area contributed by atoms with Gasteiger partial charge in [0.2, 0.25) is 5.88 Å². The monoisotopic (exact) mass is 426 g/mol. The molecule has 0 unspecified atom stereocenters. The Morgan fingerprint density at radius 2 is 1.84 bits per heavy atom. The topological polar surface area (TPSA) is 77.5 Å². The van der Waals surface area contributed by atoms with Gasteiger partial charge in [-0.1, -0.05) is 12.1 Å². The van der Waals surface area contributed by atoms with Crippen molar-refractivity contribution >= 4 is 11.9 Å². The molecule has 160 valence electrons. The third kappa shape index (κ3) is 6.08. The molecule has 0 fully saturated rings. The van der Waals surface area contributed by atoms with Crippen molar-refractivity contribution in [1.29, 1.82) is 0 Å². The Kier molecular flexibility index (Phi) is 7.26. The summed E-state index contributed by atoms with van der Waals surface area (Å²) in [7, 11) is 0. The zero-order valence-corrected chi connectivity index (χ0v) is 16.7. The minimum absolute atomic E-state index is 0.0306. The standard InChI is InChI=1S/C23H20F2N2O4/c1-2-30-21(28)13-15-5-6-16(20(25)12-15)14-27-22(29)19-4-3-11-26-23(19)31-18-9-7-17(24)8-10-18/h3-12H,2,13-14H2,1H3,(H,27,29). The highest BCUT2D eigenvalue weighted by molar-refractivity contribution is 5.96. The van der Waals surface area contributed by atoms with E-state index in [-0.39, 0.29) is 36.6 Å². The summed E-state index contributed by atoms with van der Waals surface area (Å²) in [5.74, 6) is -1.56. The number of halogens is 2. The molecular weight excluding hydrogens is 406 g/mol. The number of rotatable bonds is 8. The van der Waals surface area contributed by atoms with Crippen LogP contribution in [0.4, 0.5) is 8.78 Å². The van der Waals surface area contributed by atoms with E-state index in [2.05, 4.69) is 10.3 Å². The van der Waals surface area contributed by atoms with Gasteiger partial charge in [-0.25, -0.2) is 13.8 Å². The van der Waals surface area contributed by atoms with Gasteiger partial charge in [0.25, 0.3) is 5.91 Å². The summed E-state index contributed by atoms with van der Waals surface area (Å²) in [6.07, 6.45) is 1.43. The van der Waals surface area contributed by atoms with Gasteiger partial charge in [0, 0.05) is 18.3 Å². The number of nitrogens with one attached hydrogen (secondary N) is 1. The Morgan fingerprint density at radius 1 is 1.06 bits per heavy atom. The van der Waals surface area contributed by atoms with Crippen LogP contribution in [0.5, 0.6) is 11.6 Å². The number of carbonyl (C=O) groups is 2. The Labute approximate surface area is 177 Å². The smallest absolute Gasteiger partial charge is 0.310 e. The molecule has 2 aromatic carbocycles. The first-order valence-corrected chi connectivity index (χ1v) is 9.56. The van der Waals surface area contributed by atoms with E-state index in [0.717, 1.165) is 0 Å². The summed E-state index contributed by atoms with van der Waals surface area (Å²) < 4.78 is 37.9. The number of benzene rings is 2. The van der Waals surface area contributed by atoms with Crippen LogP contribution in [-0.2, 0) is 22.5 Å². The lowest BCUT2D eigenvalue weighted by Gasteiger charge is -2.11. The van der Waals surface area contributed by atoms with Gasteiger partial charge in [0.1, 0.15) is 22.9 Å². The Hall–Kier alpha value is -3.81. The fourth-order valence-electron chi connectivity index (χ4n) is 2.75.